The zero-order valence-corrected chi connectivity index (χ0v) is 15.2. The van der Waals surface area contributed by atoms with E-state index in [1.165, 1.54) is 0 Å². The molecular formula is C18H29N3O3. The van der Waals surface area contributed by atoms with Crippen molar-refractivity contribution >= 4 is 5.91 Å². The van der Waals surface area contributed by atoms with E-state index in [0.717, 1.165) is 32.6 Å². The molecule has 3 rings (SSSR count). The zero-order valence-electron chi connectivity index (χ0n) is 15.2. The molecule has 0 radical (unpaired) electrons. The molecule has 1 spiro atoms. The number of amides is 1. The lowest BCUT2D eigenvalue weighted by atomic mass is 9.72. The van der Waals surface area contributed by atoms with Crippen molar-refractivity contribution in [3.63, 3.8) is 0 Å². The number of nitrogens with zero attached hydrogens (tertiary/aromatic N) is 3. The average molecular weight is 335 g/mol. The quantitative estimate of drug-likeness (QED) is 0.846. The molecule has 0 N–H and O–H groups in total. The van der Waals surface area contributed by atoms with Gasteiger partial charge in [-0.15, -0.1) is 10.2 Å². The van der Waals surface area contributed by atoms with Crippen LogP contribution in [0.4, 0.5) is 0 Å². The molecule has 6 heteroatoms. The molecule has 2 aliphatic rings. The molecule has 2 aliphatic heterocycles. The summed E-state index contributed by atoms with van der Waals surface area (Å²) in [6.45, 7) is 11.2. The third kappa shape index (κ3) is 3.34. The van der Waals surface area contributed by atoms with E-state index in [1.807, 2.05) is 4.90 Å². The summed E-state index contributed by atoms with van der Waals surface area (Å²) in [5.74, 6) is 2.33. The molecule has 1 unspecified atom stereocenters. The van der Waals surface area contributed by atoms with Crippen molar-refractivity contribution in [1.29, 1.82) is 0 Å². The predicted molar refractivity (Wildman–Crippen MR) is 89.6 cm³/mol. The van der Waals surface area contributed by atoms with Gasteiger partial charge in [0.2, 0.25) is 17.7 Å². The number of likely N-dealkylation sites (tertiary alicyclic amines) is 1. The van der Waals surface area contributed by atoms with E-state index in [1.54, 1.807) is 0 Å². The van der Waals surface area contributed by atoms with Crippen molar-refractivity contribution in [3.05, 3.63) is 11.8 Å². The highest BCUT2D eigenvalue weighted by molar-refractivity contribution is 5.77. The lowest BCUT2D eigenvalue weighted by Gasteiger charge is -2.36. The maximum absolute atomic E-state index is 12.6. The largest absolute Gasteiger partial charge is 0.425 e. The molecule has 1 atom stereocenters. The first-order valence-electron chi connectivity index (χ1n) is 9.10. The van der Waals surface area contributed by atoms with Gasteiger partial charge in [0.1, 0.15) is 0 Å². The molecule has 24 heavy (non-hydrogen) atoms. The fourth-order valence-corrected chi connectivity index (χ4v) is 3.88. The van der Waals surface area contributed by atoms with E-state index in [-0.39, 0.29) is 23.2 Å². The van der Waals surface area contributed by atoms with Crippen molar-refractivity contribution < 1.29 is 13.9 Å². The average Bonchev–Trinajstić information content (AvgIpc) is 3.12. The zero-order chi connectivity index (χ0) is 17.3. The molecule has 1 aromatic heterocycles. The summed E-state index contributed by atoms with van der Waals surface area (Å²) in [7, 11) is 0. The molecule has 0 bridgehead atoms. The Bertz CT molecular complexity index is 576. The van der Waals surface area contributed by atoms with Gasteiger partial charge < -0.3 is 14.1 Å². The highest BCUT2D eigenvalue weighted by Crippen LogP contribution is 2.49. The van der Waals surface area contributed by atoms with Gasteiger partial charge in [-0.3, -0.25) is 4.79 Å². The number of rotatable bonds is 4. The smallest absolute Gasteiger partial charge is 0.222 e. The summed E-state index contributed by atoms with van der Waals surface area (Å²) in [5.41, 5.74) is 0.0195. The van der Waals surface area contributed by atoms with E-state index < -0.39 is 0 Å². The second kappa shape index (κ2) is 6.82. The number of carbonyl (C=O) groups is 1. The minimum absolute atomic E-state index is 0.0195. The Morgan fingerprint density at radius 2 is 1.96 bits per heavy atom. The van der Waals surface area contributed by atoms with Gasteiger partial charge in [-0.05, 0) is 18.8 Å². The lowest BCUT2D eigenvalue weighted by molar-refractivity contribution is -0.131. The Hall–Kier alpha value is -1.43. The summed E-state index contributed by atoms with van der Waals surface area (Å²) in [5, 5.41) is 8.53. The molecule has 0 saturated carbocycles. The van der Waals surface area contributed by atoms with Crippen LogP contribution < -0.4 is 0 Å². The Morgan fingerprint density at radius 1 is 1.25 bits per heavy atom. The van der Waals surface area contributed by atoms with Crippen LogP contribution in [-0.4, -0.2) is 47.3 Å². The van der Waals surface area contributed by atoms with E-state index in [2.05, 4.69) is 37.9 Å². The summed E-state index contributed by atoms with van der Waals surface area (Å²) in [6, 6.07) is 0. The standard InChI is InChI=1S/C18H29N3O3/c1-12(2)9-15(22)21-10-14(17-20-19-16(24-17)13(3)4)18(11-21)5-7-23-8-6-18/h12-14H,5-11H2,1-4H3. The van der Waals surface area contributed by atoms with Crippen molar-refractivity contribution in [2.75, 3.05) is 26.3 Å². The summed E-state index contributed by atoms with van der Waals surface area (Å²) < 4.78 is 11.5. The second-order valence-corrected chi connectivity index (χ2v) is 8.03. The Morgan fingerprint density at radius 3 is 2.54 bits per heavy atom. The van der Waals surface area contributed by atoms with E-state index in [4.69, 9.17) is 9.15 Å². The molecule has 0 aromatic carbocycles. The Balaban J connectivity index is 1.84. The van der Waals surface area contributed by atoms with Gasteiger partial charge in [0.05, 0.1) is 5.92 Å². The topological polar surface area (TPSA) is 68.5 Å². The van der Waals surface area contributed by atoms with Gasteiger partial charge in [0.15, 0.2) is 0 Å². The highest BCUT2D eigenvalue weighted by atomic mass is 16.5. The van der Waals surface area contributed by atoms with E-state index in [0.29, 0.717) is 30.7 Å². The normalized spacial score (nSPS) is 23.6. The van der Waals surface area contributed by atoms with Crippen molar-refractivity contribution in [3.8, 4) is 0 Å². The molecular weight excluding hydrogens is 306 g/mol. The number of hydrogen-bond donors (Lipinski definition) is 0. The number of carbonyl (C=O) groups excluding carboxylic acids is 1. The van der Waals surface area contributed by atoms with Crippen LogP contribution >= 0.6 is 0 Å². The third-order valence-electron chi connectivity index (χ3n) is 5.32. The van der Waals surface area contributed by atoms with E-state index in [9.17, 15) is 4.79 Å². The van der Waals surface area contributed by atoms with Crippen molar-refractivity contribution in [2.45, 2.75) is 58.8 Å². The van der Waals surface area contributed by atoms with Gasteiger partial charge in [-0.2, -0.15) is 0 Å². The van der Waals surface area contributed by atoms with E-state index >= 15 is 0 Å². The van der Waals surface area contributed by atoms with Crippen LogP contribution in [0.5, 0.6) is 0 Å². The fourth-order valence-electron chi connectivity index (χ4n) is 3.88. The minimum Gasteiger partial charge on any atom is -0.425 e. The molecule has 1 aromatic rings. The second-order valence-electron chi connectivity index (χ2n) is 8.03. The Labute approximate surface area is 143 Å². The predicted octanol–water partition coefficient (Wildman–Crippen LogP) is 2.96. The fraction of sp³-hybridized carbons (Fsp3) is 0.833. The first-order chi connectivity index (χ1) is 11.4. The maximum atomic E-state index is 12.6. The number of aromatic nitrogens is 2. The molecule has 2 saturated heterocycles. The molecule has 3 heterocycles. The molecule has 6 nitrogen and oxygen atoms in total. The SMILES string of the molecule is CC(C)CC(=O)N1CC(c2nnc(C(C)C)o2)C2(CCOCC2)C1. The third-order valence-corrected chi connectivity index (χ3v) is 5.32. The van der Waals surface area contributed by atoms with Crippen LogP contribution in [0.25, 0.3) is 0 Å². The number of hydrogen-bond acceptors (Lipinski definition) is 5. The molecule has 2 fully saturated rings. The van der Waals surface area contributed by atoms with Gasteiger partial charge in [-0.1, -0.05) is 27.7 Å². The van der Waals surface area contributed by atoms with Gasteiger partial charge >= 0.3 is 0 Å². The maximum Gasteiger partial charge on any atom is 0.222 e. The minimum atomic E-state index is 0.0195. The lowest BCUT2D eigenvalue weighted by Crippen LogP contribution is -2.37. The summed E-state index contributed by atoms with van der Waals surface area (Å²) in [4.78, 5) is 14.6. The van der Waals surface area contributed by atoms with Crippen LogP contribution in [0.15, 0.2) is 4.42 Å². The van der Waals surface area contributed by atoms with Crippen molar-refractivity contribution in [1.82, 2.24) is 15.1 Å². The number of ether oxygens (including phenoxy) is 1. The van der Waals surface area contributed by atoms with Crippen LogP contribution in [0.2, 0.25) is 0 Å². The monoisotopic (exact) mass is 335 g/mol. The summed E-state index contributed by atoms with van der Waals surface area (Å²) in [6.07, 6.45) is 2.49. The van der Waals surface area contributed by atoms with Gasteiger partial charge in [0.25, 0.3) is 0 Å². The van der Waals surface area contributed by atoms with Crippen LogP contribution in [0.1, 0.15) is 70.6 Å². The first kappa shape index (κ1) is 17.4. The highest BCUT2D eigenvalue weighted by Gasteiger charge is 2.51. The van der Waals surface area contributed by atoms with Crippen molar-refractivity contribution in [2.24, 2.45) is 11.3 Å². The van der Waals surface area contributed by atoms with Crippen LogP contribution in [0.3, 0.4) is 0 Å². The molecule has 0 aliphatic carbocycles. The molecule has 134 valence electrons. The summed E-state index contributed by atoms with van der Waals surface area (Å²) >= 11 is 0. The molecule has 1 amide bonds. The van der Waals surface area contributed by atoms with Gasteiger partial charge in [-0.25, -0.2) is 0 Å². The van der Waals surface area contributed by atoms with Crippen LogP contribution in [-0.2, 0) is 9.53 Å². The van der Waals surface area contributed by atoms with Crippen LogP contribution in [0, 0.1) is 11.3 Å². The Kier molecular flexibility index (Phi) is 4.95. The first-order valence-corrected chi connectivity index (χ1v) is 9.10. The van der Waals surface area contributed by atoms with Gasteiger partial charge in [0, 0.05) is 44.1 Å².